The van der Waals surface area contributed by atoms with Crippen molar-refractivity contribution >= 4 is 10.8 Å². The molecule has 0 amide bonds. The standard InChI is InChI=1S/C16H21NO/c1-4-7-13-12-9-6-10-16(18-3)14(12)11-17-15(13)8-5-2/h6,9-11H,4-5,7-8H2,1-3H3. The van der Waals surface area contributed by atoms with Gasteiger partial charge in [0.05, 0.1) is 7.11 Å². The first-order chi connectivity index (χ1) is 8.81. The van der Waals surface area contributed by atoms with E-state index < -0.39 is 0 Å². The number of hydrogen-bond acceptors (Lipinski definition) is 2. The first-order valence-electron chi connectivity index (χ1n) is 6.75. The third-order valence-corrected chi connectivity index (χ3v) is 3.30. The molecule has 0 bridgehead atoms. The van der Waals surface area contributed by atoms with Gasteiger partial charge in [-0.1, -0.05) is 38.8 Å². The molecule has 1 aromatic carbocycles. The van der Waals surface area contributed by atoms with Crippen LogP contribution in [0.3, 0.4) is 0 Å². The summed E-state index contributed by atoms with van der Waals surface area (Å²) in [5, 5.41) is 2.43. The Morgan fingerprint density at radius 3 is 2.50 bits per heavy atom. The second kappa shape index (κ2) is 5.85. The number of hydrogen-bond donors (Lipinski definition) is 0. The summed E-state index contributed by atoms with van der Waals surface area (Å²) in [7, 11) is 1.72. The summed E-state index contributed by atoms with van der Waals surface area (Å²) in [4.78, 5) is 4.64. The molecule has 0 aliphatic carbocycles. The number of aromatic nitrogens is 1. The third kappa shape index (κ3) is 2.33. The lowest BCUT2D eigenvalue weighted by molar-refractivity contribution is 0.419. The van der Waals surface area contributed by atoms with Crippen LogP contribution in [0.2, 0.25) is 0 Å². The molecule has 0 atom stereocenters. The van der Waals surface area contributed by atoms with E-state index in [1.807, 2.05) is 12.3 Å². The minimum Gasteiger partial charge on any atom is -0.496 e. The van der Waals surface area contributed by atoms with E-state index in [4.69, 9.17) is 4.74 Å². The molecule has 2 heteroatoms. The smallest absolute Gasteiger partial charge is 0.128 e. The van der Waals surface area contributed by atoms with Gasteiger partial charge in [-0.25, -0.2) is 0 Å². The molecule has 18 heavy (non-hydrogen) atoms. The molecule has 2 aromatic rings. The number of pyridine rings is 1. The molecule has 2 nitrogen and oxygen atoms in total. The fraction of sp³-hybridized carbons (Fsp3) is 0.438. The average molecular weight is 243 g/mol. The van der Waals surface area contributed by atoms with Crippen LogP contribution in [0, 0.1) is 0 Å². The monoisotopic (exact) mass is 243 g/mol. The molecule has 0 fully saturated rings. The largest absolute Gasteiger partial charge is 0.496 e. The molecule has 0 saturated carbocycles. The molecule has 2 rings (SSSR count). The van der Waals surface area contributed by atoms with Crippen molar-refractivity contribution in [1.82, 2.24) is 4.98 Å². The molecule has 1 aromatic heterocycles. The van der Waals surface area contributed by atoms with Crippen molar-refractivity contribution in [3.05, 3.63) is 35.7 Å². The number of methoxy groups -OCH3 is 1. The van der Waals surface area contributed by atoms with Crippen LogP contribution in [0.1, 0.15) is 37.9 Å². The van der Waals surface area contributed by atoms with E-state index in [0.717, 1.165) is 36.8 Å². The Balaban J connectivity index is 2.65. The fourth-order valence-corrected chi connectivity index (χ4v) is 2.48. The van der Waals surface area contributed by atoms with Gasteiger partial charge in [0.25, 0.3) is 0 Å². The molecule has 0 spiro atoms. The number of fused-ring (bicyclic) bond motifs is 1. The van der Waals surface area contributed by atoms with Gasteiger partial charge >= 0.3 is 0 Å². The second-order valence-electron chi connectivity index (χ2n) is 4.60. The van der Waals surface area contributed by atoms with E-state index in [1.165, 1.54) is 16.6 Å². The normalized spacial score (nSPS) is 10.8. The van der Waals surface area contributed by atoms with Crippen molar-refractivity contribution in [3.63, 3.8) is 0 Å². The van der Waals surface area contributed by atoms with Crippen LogP contribution >= 0.6 is 0 Å². The van der Waals surface area contributed by atoms with Gasteiger partial charge in [-0.2, -0.15) is 0 Å². The first kappa shape index (κ1) is 12.9. The quantitative estimate of drug-likeness (QED) is 0.787. The number of ether oxygens (including phenoxy) is 1. The van der Waals surface area contributed by atoms with E-state index in [9.17, 15) is 0 Å². The highest BCUT2D eigenvalue weighted by Crippen LogP contribution is 2.29. The Bertz CT molecular complexity index is 534. The number of aryl methyl sites for hydroxylation is 2. The van der Waals surface area contributed by atoms with Crippen LogP contribution in [-0.2, 0) is 12.8 Å². The first-order valence-corrected chi connectivity index (χ1v) is 6.75. The summed E-state index contributed by atoms with van der Waals surface area (Å²) in [6.07, 6.45) is 6.39. The predicted molar refractivity (Wildman–Crippen MR) is 76.3 cm³/mol. The van der Waals surface area contributed by atoms with Crippen molar-refractivity contribution < 1.29 is 4.74 Å². The Hall–Kier alpha value is -1.57. The molecule has 1 heterocycles. The summed E-state index contributed by atoms with van der Waals surface area (Å²) < 4.78 is 5.42. The Morgan fingerprint density at radius 2 is 1.83 bits per heavy atom. The highest BCUT2D eigenvalue weighted by molar-refractivity contribution is 5.90. The molecule has 0 radical (unpaired) electrons. The topological polar surface area (TPSA) is 22.1 Å². The summed E-state index contributed by atoms with van der Waals surface area (Å²) in [5.41, 5.74) is 2.65. The van der Waals surface area contributed by atoms with Gasteiger partial charge in [-0.15, -0.1) is 0 Å². The van der Waals surface area contributed by atoms with Crippen molar-refractivity contribution in [3.8, 4) is 5.75 Å². The number of benzene rings is 1. The molecule has 0 N–H and O–H groups in total. The van der Waals surface area contributed by atoms with Crippen molar-refractivity contribution in [1.29, 1.82) is 0 Å². The van der Waals surface area contributed by atoms with Crippen LogP contribution in [-0.4, -0.2) is 12.1 Å². The third-order valence-electron chi connectivity index (χ3n) is 3.30. The Morgan fingerprint density at radius 1 is 1.06 bits per heavy atom. The van der Waals surface area contributed by atoms with Gasteiger partial charge in [0.15, 0.2) is 0 Å². The zero-order valence-corrected chi connectivity index (χ0v) is 11.5. The molecular formula is C16H21NO. The molecule has 0 aliphatic heterocycles. The van der Waals surface area contributed by atoms with Gasteiger partial charge in [0.1, 0.15) is 5.75 Å². The van der Waals surface area contributed by atoms with E-state index in [2.05, 4.69) is 31.0 Å². The molecular weight excluding hydrogens is 222 g/mol. The maximum absolute atomic E-state index is 5.42. The highest BCUT2D eigenvalue weighted by Gasteiger charge is 2.10. The fourth-order valence-electron chi connectivity index (χ4n) is 2.48. The van der Waals surface area contributed by atoms with Gasteiger partial charge < -0.3 is 4.74 Å². The van der Waals surface area contributed by atoms with Crippen molar-refractivity contribution in [2.75, 3.05) is 7.11 Å². The Labute approximate surface area is 109 Å². The maximum atomic E-state index is 5.42. The molecule has 0 aliphatic rings. The maximum Gasteiger partial charge on any atom is 0.128 e. The lowest BCUT2D eigenvalue weighted by Crippen LogP contribution is -2.00. The zero-order chi connectivity index (χ0) is 13.0. The van der Waals surface area contributed by atoms with Gasteiger partial charge in [0.2, 0.25) is 0 Å². The van der Waals surface area contributed by atoms with E-state index in [-0.39, 0.29) is 0 Å². The highest BCUT2D eigenvalue weighted by atomic mass is 16.5. The molecule has 0 saturated heterocycles. The SMILES string of the molecule is CCCc1ncc2c(OC)cccc2c1CCC. The van der Waals surface area contributed by atoms with Crippen molar-refractivity contribution in [2.24, 2.45) is 0 Å². The number of rotatable bonds is 5. The summed E-state index contributed by atoms with van der Waals surface area (Å²) in [5.74, 6) is 0.917. The lowest BCUT2D eigenvalue weighted by atomic mass is 9.98. The van der Waals surface area contributed by atoms with Crippen LogP contribution in [0.15, 0.2) is 24.4 Å². The van der Waals surface area contributed by atoms with Crippen molar-refractivity contribution in [2.45, 2.75) is 39.5 Å². The molecule has 96 valence electrons. The van der Waals surface area contributed by atoms with Gasteiger partial charge in [-0.05, 0) is 29.9 Å². The zero-order valence-electron chi connectivity index (χ0n) is 11.5. The minimum atomic E-state index is 0.917. The Kier molecular flexibility index (Phi) is 4.19. The van der Waals surface area contributed by atoms with Crippen LogP contribution in [0.25, 0.3) is 10.8 Å². The average Bonchev–Trinajstić information content (AvgIpc) is 2.41. The van der Waals surface area contributed by atoms with Crippen LogP contribution in [0.4, 0.5) is 0 Å². The molecule has 0 unspecified atom stereocenters. The minimum absolute atomic E-state index is 0.917. The predicted octanol–water partition coefficient (Wildman–Crippen LogP) is 4.15. The van der Waals surface area contributed by atoms with Gasteiger partial charge in [0, 0.05) is 17.3 Å². The van der Waals surface area contributed by atoms with E-state index in [1.54, 1.807) is 7.11 Å². The summed E-state index contributed by atoms with van der Waals surface area (Å²) >= 11 is 0. The van der Waals surface area contributed by atoms with Gasteiger partial charge in [-0.3, -0.25) is 4.98 Å². The summed E-state index contributed by atoms with van der Waals surface area (Å²) in [6, 6.07) is 6.25. The second-order valence-corrected chi connectivity index (χ2v) is 4.60. The number of nitrogens with zero attached hydrogens (tertiary/aromatic N) is 1. The van der Waals surface area contributed by atoms with Crippen LogP contribution < -0.4 is 4.74 Å². The van der Waals surface area contributed by atoms with E-state index in [0.29, 0.717) is 0 Å². The summed E-state index contributed by atoms with van der Waals surface area (Å²) in [6.45, 7) is 4.42. The van der Waals surface area contributed by atoms with E-state index >= 15 is 0 Å². The van der Waals surface area contributed by atoms with Crippen LogP contribution in [0.5, 0.6) is 5.75 Å². The lowest BCUT2D eigenvalue weighted by Gasteiger charge is -2.13.